The Hall–Kier alpha value is -1.71. The first-order chi connectivity index (χ1) is 9.83. The van der Waals surface area contributed by atoms with Crippen LogP contribution in [0.1, 0.15) is 23.4 Å². The van der Waals surface area contributed by atoms with E-state index < -0.39 is 0 Å². The predicted molar refractivity (Wildman–Crippen MR) is 86.2 cm³/mol. The van der Waals surface area contributed by atoms with Gasteiger partial charge in [0.05, 0.1) is 5.01 Å². The first-order valence-electron chi connectivity index (χ1n) is 6.91. The number of benzene rings is 2. The number of thiazole rings is 1. The summed E-state index contributed by atoms with van der Waals surface area (Å²) in [6, 6.07) is 15.1. The van der Waals surface area contributed by atoms with Gasteiger partial charge in [-0.1, -0.05) is 43.3 Å². The van der Waals surface area contributed by atoms with Gasteiger partial charge in [0.2, 0.25) is 0 Å². The van der Waals surface area contributed by atoms with Gasteiger partial charge < -0.3 is 5.32 Å². The maximum atomic E-state index is 4.36. The van der Waals surface area contributed by atoms with Gasteiger partial charge >= 0.3 is 0 Å². The molecule has 2 aromatic carbocycles. The van der Waals surface area contributed by atoms with E-state index in [0.29, 0.717) is 5.92 Å². The highest BCUT2D eigenvalue weighted by Crippen LogP contribution is 2.18. The fourth-order valence-corrected chi connectivity index (χ4v) is 3.05. The molecule has 1 atom stereocenters. The molecule has 3 aromatic rings. The van der Waals surface area contributed by atoms with E-state index in [1.807, 2.05) is 11.6 Å². The molecule has 102 valence electrons. The van der Waals surface area contributed by atoms with E-state index in [9.17, 15) is 0 Å². The predicted octanol–water partition coefficient (Wildman–Crippen LogP) is 4.19. The van der Waals surface area contributed by atoms with Crippen molar-refractivity contribution in [3.8, 4) is 0 Å². The van der Waals surface area contributed by atoms with Crippen molar-refractivity contribution in [1.82, 2.24) is 10.3 Å². The second-order valence-corrected chi connectivity index (χ2v) is 6.01. The summed E-state index contributed by atoms with van der Waals surface area (Å²) in [5.74, 6) is 0.468. The normalized spacial score (nSPS) is 12.7. The van der Waals surface area contributed by atoms with E-state index in [4.69, 9.17) is 0 Å². The summed E-state index contributed by atoms with van der Waals surface area (Å²) in [5, 5.41) is 9.37. The van der Waals surface area contributed by atoms with Gasteiger partial charge in [-0.3, -0.25) is 0 Å². The van der Waals surface area contributed by atoms with Crippen LogP contribution in [-0.4, -0.2) is 11.5 Å². The molecule has 0 bridgehead atoms. The molecule has 20 heavy (non-hydrogen) atoms. The fourth-order valence-electron chi connectivity index (χ4n) is 2.35. The number of nitrogens with one attached hydrogen (secondary N) is 1. The molecular weight excluding hydrogens is 264 g/mol. The second-order valence-electron chi connectivity index (χ2n) is 5.08. The summed E-state index contributed by atoms with van der Waals surface area (Å²) in [6.07, 6.45) is 1.87. The Kier molecular flexibility index (Phi) is 4.09. The molecule has 0 saturated heterocycles. The maximum absolute atomic E-state index is 4.36. The molecule has 3 rings (SSSR count). The quantitative estimate of drug-likeness (QED) is 0.759. The Morgan fingerprint density at radius 2 is 2.00 bits per heavy atom. The third-order valence-corrected chi connectivity index (χ3v) is 4.47. The van der Waals surface area contributed by atoms with Crippen LogP contribution in [0.3, 0.4) is 0 Å². The summed E-state index contributed by atoms with van der Waals surface area (Å²) < 4.78 is 0. The summed E-state index contributed by atoms with van der Waals surface area (Å²) in [4.78, 5) is 4.36. The number of hydrogen-bond donors (Lipinski definition) is 1. The molecule has 0 aliphatic rings. The number of fused-ring (bicyclic) bond motifs is 1. The van der Waals surface area contributed by atoms with Crippen LogP contribution in [0.2, 0.25) is 0 Å². The third kappa shape index (κ3) is 3.06. The van der Waals surface area contributed by atoms with E-state index >= 15 is 0 Å². The minimum Gasteiger partial charge on any atom is -0.312 e. The number of hydrogen-bond acceptors (Lipinski definition) is 3. The minimum atomic E-state index is 0.468. The molecule has 0 saturated carbocycles. The molecule has 1 unspecified atom stereocenters. The molecule has 2 nitrogen and oxygen atoms in total. The molecule has 0 fully saturated rings. The van der Waals surface area contributed by atoms with Crippen molar-refractivity contribution in [1.29, 1.82) is 0 Å². The highest BCUT2D eigenvalue weighted by molar-refractivity contribution is 7.09. The Balaban J connectivity index is 1.59. The highest BCUT2D eigenvalue weighted by Gasteiger charge is 2.07. The van der Waals surface area contributed by atoms with E-state index in [0.717, 1.165) is 13.1 Å². The molecule has 0 radical (unpaired) electrons. The molecule has 0 aliphatic heterocycles. The Bertz CT molecular complexity index is 676. The van der Waals surface area contributed by atoms with Crippen molar-refractivity contribution >= 4 is 22.1 Å². The minimum absolute atomic E-state index is 0.468. The van der Waals surface area contributed by atoms with Crippen molar-refractivity contribution in [2.45, 2.75) is 19.4 Å². The van der Waals surface area contributed by atoms with Gasteiger partial charge in [0.25, 0.3) is 0 Å². The zero-order valence-corrected chi connectivity index (χ0v) is 12.4. The van der Waals surface area contributed by atoms with Crippen LogP contribution in [0.25, 0.3) is 10.8 Å². The van der Waals surface area contributed by atoms with Crippen LogP contribution in [0.15, 0.2) is 54.0 Å². The standard InChI is InChI=1S/C17H18N2S/c1-13(17-19-8-9-20-17)11-18-12-14-6-7-15-4-2-3-5-16(15)10-14/h2-10,13,18H,11-12H2,1H3. The highest BCUT2D eigenvalue weighted by atomic mass is 32.1. The summed E-state index contributed by atoms with van der Waals surface area (Å²) in [6.45, 7) is 4.08. The molecule has 3 heteroatoms. The molecule has 0 amide bonds. The summed E-state index contributed by atoms with van der Waals surface area (Å²) in [5.41, 5.74) is 1.33. The SMILES string of the molecule is CC(CNCc1ccc2ccccc2c1)c1nccs1. The summed E-state index contributed by atoms with van der Waals surface area (Å²) >= 11 is 1.73. The van der Waals surface area contributed by atoms with Gasteiger partial charge in [-0.25, -0.2) is 4.98 Å². The summed E-state index contributed by atoms with van der Waals surface area (Å²) in [7, 11) is 0. The van der Waals surface area contributed by atoms with Crippen LogP contribution in [-0.2, 0) is 6.54 Å². The van der Waals surface area contributed by atoms with Crippen LogP contribution in [0.4, 0.5) is 0 Å². The van der Waals surface area contributed by atoms with Gasteiger partial charge in [0.1, 0.15) is 0 Å². The molecule has 0 aliphatic carbocycles. The van der Waals surface area contributed by atoms with Crippen LogP contribution in [0.5, 0.6) is 0 Å². The molecule has 1 aromatic heterocycles. The lowest BCUT2D eigenvalue weighted by Crippen LogP contribution is -2.19. The zero-order chi connectivity index (χ0) is 13.8. The van der Waals surface area contributed by atoms with Crippen LogP contribution >= 0.6 is 11.3 Å². The Morgan fingerprint density at radius 1 is 1.15 bits per heavy atom. The van der Waals surface area contributed by atoms with E-state index in [2.05, 4.69) is 59.7 Å². The van der Waals surface area contributed by atoms with E-state index in [1.165, 1.54) is 21.3 Å². The number of rotatable bonds is 5. The molecular formula is C17H18N2S. The van der Waals surface area contributed by atoms with Crippen molar-refractivity contribution in [2.24, 2.45) is 0 Å². The van der Waals surface area contributed by atoms with Crippen LogP contribution in [0, 0.1) is 0 Å². The largest absolute Gasteiger partial charge is 0.312 e. The monoisotopic (exact) mass is 282 g/mol. The molecule has 1 heterocycles. The fraction of sp³-hybridized carbons (Fsp3) is 0.235. The first-order valence-corrected chi connectivity index (χ1v) is 7.78. The number of aromatic nitrogens is 1. The topological polar surface area (TPSA) is 24.9 Å². The smallest absolute Gasteiger partial charge is 0.0965 e. The van der Waals surface area contributed by atoms with Gasteiger partial charge in [-0.05, 0) is 22.4 Å². The van der Waals surface area contributed by atoms with Crippen molar-refractivity contribution < 1.29 is 0 Å². The van der Waals surface area contributed by atoms with Gasteiger partial charge in [-0.15, -0.1) is 11.3 Å². The molecule has 1 N–H and O–H groups in total. The van der Waals surface area contributed by atoms with E-state index in [-0.39, 0.29) is 0 Å². The number of nitrogens with zero attached hydrogens (tertiary/aromatic N) is 1. The maximum Gasteiger partial charge on any atom is 0.0965 e. The Labute approximate surface area is 123 Å². The lowest BCUT2D eigenvalue weighted by Gasteiger charge is -2.10. The van der Waals surface area contributed by atoms with Crippen molar-refractivity contribution in [2.75, 3.05) is 6.54 Å². The average molecular weight is 282 g/mol. The van der Waals surface area contributed by atoms with Crippen molar-refractivity contribution in [3.05, 3.63) is 64.6 Å². The van der Waals surface area contributed by atoms with Gasteiger partial charge in [0, 0.05) is 30.6 Å². The lowest BCUT2D eigenvalue weighted by atomic mass is 10.1. The zero-order valence-electron chi connectivity index (χ0n) is 11.5. The van der Waals surface area contributed by atoms with Crippen LogP contribution < -0.4 is 5.32 Å². The first kappa shape index (κ1) is 13.3. The van der Waals surface area contributed by atoms with Gasteiger partial charge in [0.15, 0.2) is 0 Å². The third-order valence-electron chi connectivity index (χ3n) is 3.47. The van der Waals surface area contributed by atoms with Gasteiger partial charge in [-0.2, -0.15) is 0 Å². The second kappa shape index (κ2) is 6.16. The van der Waals surface area contributed by atoms with E-state index in [1.54, 1.807) is 11.3 Å². The Morgan fingerprint density at radius 3 is 2.80 bits per heavy atom. The van der Waals surface area contributed by atoms with Crippen molar-refractivity contribution in [3.63, 3.8) is 0 Å². The lowest BCUT2D eigenvalue weighted by molar-refractivity contribution is 0.613. The average Bonchev–Trinajstić information content (AvgIpc) is 3.01. The molecule has 0 spiro atoms.